The Kier molecular flexibility index (Phi) is 2.57. The van der Waals surface area contributed by atoms with Crippen molar-refractivity contribution in [3.63, 3.8) is 0 Å². The van der Waals surface area contributed by atoms with Crippen LogP contribution in [0.2, 0.25) is 5.02 Å². The van der Waals surface area contributed by atoms with Crippen molar-refractivity contribution in [3.05, 3.63) is 71.3 Å². The molecule has 20 heavy (non-hydrogen) atoms. The Hall–Kier alpha value is -2.19. The van der Waals surface area contributed by atoms with Gasteiger partial charge in [0.25, 0.3) is 0 Å². The lowest BCUT2D eigenvalue weighted by molar-refractivity contribution is 1.12. The molecule has 0 saturated carbocycles. The molecule has 2 aromatic heterocycles. The summed E-state index contributed by atoms with van der Waals surface area (Å²) in [7, 11) is 0. The van der Waals surface area contributed by atoms with Crippen LogP contribution >= 0.6 is 11.6 Å². The largest absolute Gasteiger partial charge is 0.264 e. The van der Waals surface area contributed by atoms with Crippen molar-refractivity contribution in [2.24, 2.45) is 0 Å². The first kappa shape index (κ1) is 11.6. The Morgan fingerprint density at radius 2 is 1.80 bits per heavy atom. The van der Waals surface area contributed by atoms with Gasteiger partial charge in [-0.15, -0.1) is 0 Å². The van der Waals surface area contributed by atoms with Crippen LogP contribution in [0.4, 0.5) is 0 Å². The number of benzene rings is 1. The second kappa shape index (κ2) is 4.43. The highest BCUT2D eigenvalue weighted by Gasteiger charge is 2.23. The van der Waals surface area contributed by atoms with Gasteiger partial charge in [0.15, 0.2) is 0 Å². The molecule has 0 radical (unpaired) electrons. The first-order valence-corrected chi connectivity index (χ1v) is 6.88. The number of fused-ring (bicyclic) bond motifs is 3. The highest BCUT2D eigenvalue weighted by Crippen LogP contribution is 2.42. The van der Waals surface area contributed by atoms with E-state index in [0.29, 0.717) is 0 Å². The van der Waals surface area contributed by atoms with Crippen molar-refractivity contribution in [1.82, 2.24) is 9.97 Å². The number of hydrogen-bond acceptors (Lipinski definition) is 2. The van der Waals surface area contributed by atoms with Gasteiger partial charge in [0.2, 0.25) is 0 Å². The third-order valence-electron chi connectivity index (χ3n) is 3.73. The Balaban J connectivity index is 2.03. The van der Waals surface area contributed by atoms with E-state index in [2.05, 4.69) is 34.2 Å². The van der Waals surface area contributed by atoms with Crippen molar-refractivity contribution in [3.8, 4) is 22.3 Å². The highest BCUT2D eigenvalue weighted by molar-refractivity contribution is 6.33. The highest BCUT2D eigenvalue weighted by atomic mass is 35.5. The summed E-state index contributed by atoms with van der Waals surface area (Å²) in [4.78, 5) is 8.72. The normalized spacial score (nSPS) is 12.1. The molecule has 0 atom stereocenters. The van der Waals surface area contributed by atoms with E-state index in [1.807, 2.05) is 24.5 Å². The summed E-state index contributed by atoms with van der Waals surface area (Å²) in [5.41, 5.74) is 6.96. The van der Waals surface area contributed by atoms with Crippen LogP contribution in [-0.4, -0.2) is 9.97 Å². The van der Waals surface area contributed by atoms with Gasteiger partial charge in [0.1, 0.15) is 0 Å². The molecule has 0 saturated heterocycles. The number of hydrogen-bond donors (Lipinski definition) is 0. The molecule has 1 aromatic carbocycles. The minimum absolute atomic E-state index is 0.720. The molecule has 1 aliphatic rings. The number of pyridine rings is 2. The SMILES string of the molecule is Clc1ccncc1-c1ccnc2c1-c1ccccc1C2. The third kappa shape index (κ3) is 1.65. The Morgan fingerprint density at radius 3 is 2.70 bits per heavy atom. The van der Waals surface area contributed by atoms with Crippen LogP contribution in [0.25, 0.3) is 22.3 Å². The predicted molar refractivity (Wildman–Crippen MR) is 80.7 cm³/mol. The van der Waals surface area contributed by atoms with Crippen molar-refractivity contribution >= 4 is 11.6 Å². The zero-order valence-corrected chi connectivity index (χ0v) is 11.4. The fourth-order valence-corrected chi connectivity index (χ4v) is 3.05. The van der Waals surface area contributed by atoms with Gasteiger partial charge in [-0.05, 0) is 28.8 Å². The maximum absolute atomic E-state index is 6.33. The molecule has 3 aromatic rings. The van der Waals surface area contributed by atoms with Crippen molar-refractivity contribution in [2.75, 3.05) is 0 Å². The van der Waals surface area contributed by atoms with E-state index < -0.39 is 0 Å². The molecule has 0 bridgehead atoms. The quantitative estimate of drug-likeness (QED) is 0.517. The minimum Gasteiger partial charge on any atom is -0.264 e. The van der Waals surface area contributed by atoms with E-state index in [-0.39, 0.29) is 0 Å². The van der Waals surface area contributed by atoms with Crippen LogP contribution < -0.4 is 0 Å². The molecular weight excluding hydrogens is 268 g/mol. The third-order valence-corrected chi connectivity index (χ3v) is 4.06. The number of halogens is 1. The molecule has 0 amide bonds. The van der Waals surface area contributed by atoms with Crippen LogP contribution in [0, 0.1) is 0 Å². The number of rotatable bonds is 1. The fourth-order valence-electron chi connectivity index (χ4n) is 2.84. The van der Waals surface area contributed by atoms with E-state index >= 15 is 0 Å². The maximum Gasteiger partial charge on any atom is 0.0532 e. The van der Waals surface area contributed by atoms with Gasteiger partial charge in [0, 0.05) is 36.1 Å². The van der Waals surface area contributed by atoms with E-state index in [1.54, 1.807) is 6.20 Å². The molecule has 0 spiro atoms. The summed E-state index contributed by atoms with van der Waals surface area (Å²) in [5, 5.41) is 0.720. The minimum atomic E-state index is 0.720. The molecule has 4 rings (SSSR count). The number of aromatic nitrogens is 2. The van der Waals surface area contributed by atoms with Crippen molar-refractivity contribution < 1.29 is 0 Å². The molecule has 0 fully saturated rings. The standard InChI is InChI=1S/C17H11ClN2/c18-15-6-7-19-10-14(15)13-5-8-20-16-9-11-3-1-2-4-12(11)17(13)16/h1-8,10H,9H2. The van der Waals surface area contributed by atoms with Gasteiger partial charge in [0.05, 0.1) is 10.7 Å². The predicted octanol–water partition coefficient (Wildman–Crippen LogP) is 4.37. The Labute approximate surface area is 122 Å². The lowest BCUT2D eigenvalue weighted by Gasteiger charge is -2.10. The molecule has 2 heterocycles. The van der Waals surface area contributed by atoms with Gasteiger partial charge in [-0.1, -0.05) is 35.9 Å². The first-order chi connectivity index (χ1) is 9.84. The molecule has 96 valence electrons. The molecule has 0 aliphatic heterocycles. The molecule has 3 heteroatoms. The zero-order valence-electron chi connectivity index (χ0n) is 10.7. The summed E-state index contributed by atoms with van der Waals surface area (Å²) in [6.07, 6.45) is 6.26. The second-order valence-electron chi connectivity index (χ2n) is 4.87. The average Bonchev–Trinajstić information content (AvgIpc) is 2.86. The summed E-state index contributed by atoms with van der Waals surface area (Å²) >= 11 is 6.33. The van der Waals surface area contributed by atoms with E-state index in [9.17, 15) is 0 Å². The molecule has 2 nitrogen and oxygen atoms in total. The van der Waals surface area contributed by atoms with Gasteiger partial charge in [-0.25, -0.2) is 0 Å². The Morgan fingerprint density at radius 1 is 0.900 bits per heavy atom. The maximum atomic E-state index is 6.33. The van der Waals surface area contributed by atoms with Crippen molar-refractivity contribution in [1.29, 1.82) is 0 Å². The van der Waals surface area contributed by atoms with Crippen LogP contribution in [-0.2, 0) is 6.42 Å². The van der Waals surface area contributed by atoms with Gasteiger partial charge >= 0.3 is 0 Å². The second-order valence-corrected chi connectivity index (χ2v) is 5.28. The lowest BCUT2D eigenvalue weighted by Crippen LogP contribution is -1.90. The van der Waals surface area contributed by atoms with Gasteiger partial charge in [-0.2, -0.15) is 0 Å². The van der Waals surface area contributed by atoms with Crippen molar-refractivity contribution in [2.45, 2.75) is 6.42 Å². The molecular formula is C17H11ClN2. The average molecular weight is 279 g/mol. The molecule has 1 aliphatic carbocycles. The first-order valence-electron chi connectivity index (χ1n) is 6.50. The van der Waals surface area contributed by atoms with Crippen LogP contribution in [0.15, 0.2) is 55.0 Å². The van der Waals surface area contributed by atoms with Crippen LogP contribution in [0.5, 0.6) is 0 Å². The fraction of sp³-hybridized carbons (Fsp3) is 0.0588. The molecule has 0 unspecified atom stereocenters. The summed E-state index contributed by atoms with van der Waals surface area (Å²) < 4.78 is 0. The topological polar surface area (TPSA) is 25.8 Å². The lowest BCUT2D eigenvalue weighted by atomic mass is 9.98. The van der Waals surface area contributed by atoms with E-state index in [4.69, 9.17) is 11.6 Å². The Bertz CT molecular complexity index is 812. The number of nitrogens with zero attached hydrogens (tertiary/aromatic N) is 2. The smallest absolute Gasteiger partial charge is 0.0532 e. The van der Waals surface area contributed by atoms with Crippen LogP contribution in [0.3, 0.4) is 0 Å². The van der Waals surface area contributed by atoms with Gasteiger partial charge < -0.3 is 0 Å². The van der Waals surface area contributed by atoms with Crippen LogP contribution in [0.1, 0.15) is 11.3 Å². The summed E-state index contributed by atoms with van der Waals surface area (Å²) in [6, 6.07) is 12.3. The van der Waals surface area contributed by atoms with E-state index in [1.165, 1.54) is 16.7 Å². The molecule has 0 N–H and O–H groups in total. The van der Waals surface area contributed by atoms with Gasteiger partial charge in [-0.3, -0.25) is 9.97 Å². The zero-order chi connectivity index (χ0) is 13.5. The summed E-state index contributed by atoms with van der Waals surface area (Å²) in [5.74, 6) is 0. The summed E-state index contributed by atoms with van der Waals surface area (Å²) in [6.45, 7) is 0. The van der Waals surface area contributed by atoms with E-state index in [0.717, 1.165) is 28.3 Å². The monoisotopic (exact) mass is 278 g/mol.